The minimum Gasteiger partial charge on any atom is -0.207 e. The first kappa shape index (κ1) is 11.5. The number of benzene rings is 1. The van der Waals surface area contributed by atoms with Gasteiger partial charge in [-0.05, 0) is 30.9 Å². The third-order valence-corrected chi connectivity index (χ3v) is 2.87. The fourth-order valence-corrected chi connectivity index (χ4v) is 2.12. The molecule has 0 bridgehead atoms. The molecule has 2 heteroatoms. The van der Waals surface area contributed by atoms with Crippen molar-refractivity contribution >= 4 is 11.6 Å². The normalized spacial score (nSPS) is 12.9. The maximum atomic E-state index is 13.5. The molecule has 78 valence electrons. The molecule has 1 aromatic rings. The van der Waals surface area contributed by atoms with Crippen LogP contribution >= 0.6 is 11.6 Å². The predicted molar refractivity (Wildman–Crippen MR) is 59.4 cm³/mol. The van der Waals surface area contributed by atoms with Gasteiger partial charge in [-0.1, -0.05) is 37.9 Å². The topological polar surface area (TPSA) is 0 Å². The molecule has 1 rings (SSSR count). The van der Waals surface area contributed by atoms with Gasteiger partial charge in [0.1, 0.15) is 5.82 Å². The number of hydrogen-bond acceptors (Lipinski definition) is 0. The lowest BCUT2D eigenvalue weighted by Gasteiger charge is -2.16. The van der Waals surface area contributed by atoms with Gasteiger partial charge in [-0.15, -0.1) is 0 Å². The first-order valence-electron chi connectivity index (χ1n) is 5.14. The Kier molecular flexibility index (Phi) is 4.40. The number of halogens is 2. The summed E-state index contributed by atoms with van der Waals surface area (Å²) in [4.78, 5) is 0. The van der Waals surface area contributed by atoms with E-state index in [1.165, 1.54) is 6.07 Å². The second kappa shape index (κ2) is 5.35. The fraction of sp³-hybridized carbons (Fsp3) is 0.500. The maximum absolute atomic E-state index is 13.5. The Morgan fingerprint density at radius 1 is 1.36 bits per heavy atom. The summed E-state index contributed by atoms with van der Waals surface area (Å²) in [6.45, 7) is 4.18. The van der Waals surface area contributed by atoms with Gasteiger partial charge in [-0.2, -0.15) is 0 Å². The van der Waals surface area contributed by atoms with Gasteiger partial charge in [-0.3, -0.25) is 0 Å². The van der Waals surface area contributed by atoms with E-state index in [2.05, 4.69) is 13.8 Å². The Labute approximate surface area is 90.1 Å². The molecule has 0 saturated carbocycles. The van der Waals surface area contributed by atoms with Crippen LogP contribution < -0.4 is 0 Å². The van der Waals surface area contributed by atoms with Crippen LogP contribution in [0.5, 0.6) is 0 Å². The monoisotopic (exact) mass is 214 g/mol. The van der Waals surface area contributed by atoms with Gasteiger partial charge in [0.25, 0.3) is 0 Å². The van der Waals surface area contributed by atoms with E-state index in [1.54, 1.807) is 12.1 Å². The van der Waals surface area contributed by atoms with Crippen LogP contribution in [-0.2, 0) is 0 Å². The van der Waals surface area contributed by atoms with Crippen molar-refractivity contribution in [3.8, 4) is 0 Å². The predicted octanol–water partition coefficient (Wildman–Crippen LogP) is 4.77. The van der Waals surface area contributed by atoms with E-state index in [0.29, 0.717) is 10.6 Å². The zero-order valence-corrected chi connectivity index (χ0v) is 9.44. The molecular formula is C12H16ClF. The molecule has 0 aromatic heterocycles. The van der Waals surface area contributed by atoms with Gasteiger partial charge < -0.3 is 0 Å². The largest absolute Gasteiger partial charge is 0.207 e. The van der Waals surface area contributed by atoms with Crippen molar-refractivity contribution in [1.82, 2.24) is 0 Å². The van der Waals surface area contributed by atoms with Crippen molar-refractivity contribution in [2.24, 2.45) is 0 Å². The lowest BCUT2D eigenvalue weighted by molar-refractivity contribution is 0.539. The van der Waals surface area contributed by atoms with Gasteiger partial charge in [0.2, 0.25) is 0 Å². The van der Waals surface area contributed by atoms with Crippen LogP contribution in [-0.4, -0.2) is 0 Å². The summed E-state index contributed by atoms with van der Waals surface area (Å²) >= 11 is 6.00. The van der Waals surface area contributed by atoms with Crippen LogP contribution in [0.15, 0.2) is 18.2 Å². The summed E-state index contributed by atoms with van der Waals surface area (Å²) in [6, 6.07) is 4.90. The van der Waals surface area contributed by atoms with Crippen molar-refractivity contribution < 1.29 is 4.39 Å². The highest BCUT2D eigenvalue weighted by atomic mass is 35.5. The number of rotatable bonds is 4. The standard InChI is InChI=1S/C12H16ClF/c1-3-6-9(4-2)12-10(13)7-5-8-11(12)14/h5,7-9H,3-4,6H2,1-2H3. The molecule has 0 amide bonds. The van der Waals surface area contributed by atoms with E-state index in [0.717, 1.165) is 19.3 Å². The molecule has 0 nitrogen and oxygen atoms in total. The summed E-state index contributed by atoms with van der Waals surface area (Å²) in [5.41, 5.74) is 0.693. The SMILES string of the molecule is CCCC(CC)c1c(F)cccc1Cl. The highest BCUT2D eigenvalue weighted by molar-refractivity contribution is 6.31. The Morgan fingerprint density at radius 3 is 2.57 bits per heavy atom. The second-order valence-corrected chi connectivity index (χ2v) is 3.94. The Morgan fingerprint density at radius 2 is 2.07 bits per heavy atom. The highest BCUT2D eigenvalue weighted by Gasteiger charge is 2.16. The molecule has 0 fully saturated rings. The molecule has 0 N–H and O–H groups in total. The van der Waals surface area contributed by atoms with Crippen molar-refractivity contribution in [2.75, 3.05) is 0 Å². The molecule has 14 heavy (non-hydrogen) atoms. The molecule has 0 saturated heterocycles. The van der Waals surface area contributed by atoms with Crippen LogP contribution in [0.2, 0.25) is 5.02 Å². The van der Waals surface area contributed by atoms with Crippen molar-refractivity contribution in [3.05, 3.63) is 34.6 Å². The van der Waals surface area contributed by atoms with E-state index < -0.39 is 0 Å². The van der Waals surface area contributed by atoms with E-state index in [-0.39, 0.29) is 11.7 Å². The first-order valence-corrected chi connectivity index (χ1v) is 5.52. The van der Waals surface area contributed by atoms with Gasteiger partial charge >= 0.3 is 0 Å². The average molecular weight is 215 g/mol. The molecule has 1 aromatic carbocycles. The van der Waals surface area contributed by atoms with Crippen LogP contribution in [0.3, 0.4) is 0 Å². The van der Waals surface area contributed by atoms with Gasteiger partial charge in [0.15, 0.2) is 0 Å². The minimum atomic E-state index is -0.169. The zero-order valence-electron chi connectivity index (χ0n) is 8.69. The van der Waals surface area contributed by atoms with Crippen LogP contribution in [0.1, 0.15) is 44.6 Å². The zero-order chi connectivity index (χ0) is 10.6. The summed E-state index contributed by atoms with van der Waals surface area (Å²) in [6.07, 6.45) is 2.99. The Bertz CT molecular complexity index is 276. The van der Waals surface area contributed by atoms with Crippen molar-refractivity contribution in [3.63, 3.8) is 0 Å². The van der Waals surface area contributed by atoms with Crippen molar-refractivity contribution in [1.29, 1.82) is 0 Å². The molecule has 1 unspecified atom stereocenters. The highest BCUT2D eigenvalue weighted by Crippen LogP contribution is 2.32. The quantitative estimate of drug-likeness (QED) is 0.677. The lowest BCUT2D eigenvalue weighted by Crippen LogP contribution is -2.01. The maximum Gasteiger partial charge on any atom is 0.128 e. The van der Waals surface area contributed by atoms with E-state index in [9.17, 15) is 4.39 Å². The second-order valence-electron chi connectivity index (χ2n) is 3.53. The first-order chi connectivity index (χ1) is 6.70. The van der Waals surface area contributed by atoms with Gasteiger partial charge in [0, 0.05) is 10.6 Å². The Balaban J connectivity index is 3.02. The lowest BCUT2D eigenvalue weighted by atomic mass is 9.92. The summed E-state index contributed by atoms with van der Waals surface area (Å²) in [7, 11) is 0. The molecule has 0 heterocycles. The fourth-order valence-electron chi connectivity index (χ4n) is 1.80. The van der Waals surface area contributed by atoms with E-state index >= 15 is 0 Å². The van der Waals surface area contributed by atoms with E-state index in [1.807, 2.05) is 0 Å². The van der Waals surface area contributed by atoms with E-state index in [4.69, 9.17) is 11.6 Å². The Hall–Kier alpha value is -0.560. The average Bonchev–Trinajstić information content (AvgIpc) is 2.16. The van der Waals surface area contributed by atoms with Gasteiger partial charge in [0.05, 0.1) is 0 Å². The molecule has 0 radical (unpaired) electrons. The summed E-state index contributed by atoms with van der Waals surface area (Å²) < 4.78 is 13.5. The smallest absolute Gasteiger partial charge is 0.128 e. The molecule has 0 aliphatic rings. The third-order valence-electron chi connectivity index (χ3n) is 2.54. The molecule has 0 spiro atoms. The summed E-state index contributed by atoms with van der Waals surface area (Å²) in [5.74, 6) is 0.0894. The summed E-state index contributed by atoms with van der Waals surface area (Å²) in [5, 5.41) is 0.560. The van der Waals surface area contributed by atoms with Crippen LogP contribution in [0.25, 0.3) is 0 Å². The third kappa shape index (κ3) is 2.48. The molecular weight excluding hydrogens is 199 g/mol. The van der Waals surface area contributed by atoms with Crippen LogP contribution in [0.4, 0.5) is 4.39 Å². The van der Waals surface area contributed by atoms with Crippen LogP contribution in [0, 0.1) is 5.82 Å². The van der Waals surface area contributed by atoms with Gasteiger partial charge in [-0.25, -0.2) is 4.39 Å². The van der Waals surface area contributed by atoms with Crippen molar-refractivity contribution in [2.45, 2.75) is 39.0 Å². The minimum absolute atomic E-state index is 0.169. The molecule has 0 aliphatic heterocycles. The number of hydrogen-bond donors (Lipinski definition) is 0. The molecule has 1 atom stereocenters. The molecule has 0 aliphatic carbocycles.